The lowest BCUT2D eigenvalue weighted by Gasteiger charge is -2.32. The summed E-state index contributed by atoms with van der Waals surface area (Å²) in [7, 11) is -2.31. The predicted molar refractivity (Wildman–Crippen MR) is 236 cm³/mol. The largest absolute Gasteiger partial charge is 0.358 e. The second-order valence-corrected chi connectivity index (χ2v) is 17.9. The van der Waals surface area contributed by atoms with Gasteiger partial charge in [-0.05, 0) is 116 Å². The summed E-state index contributed by atoms with van der Waals surface area (Å²) >= 11 is 8.44. The van der Waals surface area contributed by atoms with E-state index in [0.29, 0.717) is 76.8 Å². The van der Waals surface area contributed by atoms with Crippen LogP contribution in [0.1, 0.15) is 54.5 Å². The molecule has 318 valence electrons. The summed E-state index contributed by atoms with van der Waals surface area (Å²) in [6.45, 7) is 3.03. The van der Waals surface area contributed by atoms with Gasteiger partial charge in [0.2, 0.25) is 27.7 Å². The van der Waals surface area contributed by atoms with Crippen molar-refractivity contribution in [1.29, 1.82) is 0 Å². The molecule has 3 amide bonds. The zero-order chi connectivity index (χ0) is 43.0. The van der Waals surface area contributed by atoms with E-state index in [4.69, 9.17) is 33.2 Å². The topological polar surface area (TPSA) is 231 Å². The molecule has 17 heteroatoms. The van der Waals surface area contributed by atoms with Crippen molar-refractivity contribution in [2.75, 3.05) is 20.1 Å². The number of pyridine rings is 1. The first-order valence-electron chi connectivity index (χ1n) is 19.9. The maximum Gasteiger partial charge on any atom is 0.245 e. The van der Waals surface area contributed by atoms with E-state index in [0.717, 1.165) is 27.7 Å². The number of primary sulfonamides is 1. The van der Waals surface area contributed by atoms with E-state index in [2.05, 4.69) is 20.9 Å². The number of likely N-dealkylation sites (N-methyl/N-ethyl adjacent to an activating group) is 1. The van der Waals surface area contributed by atoms with Crippen molar-refractivity contribution in [1.82, 2.24) is 30.8 Å². The van der Waals surface area contributed by atoms with E-state index in [1.165, 1.54) is 28.8 Å². The molecule has 0 radical (unpaired) electrons. The fourth-order valence-electron chi connectivity index (χ4n) is 7.45. The number of nitrogens with zero attached hydrogens (tertiary/aromatic N) is 2. The first-order valence-corrected chi connectivity index (χ1v) is 22.6. The Labute approximate surface area is 359 Å². The number of nitrogens with one attached hydrogen (secondary N) is 4. The van der Waals surface area contributed by atoms with Crippen molar-refractivity contribution < 1.29 is 22.8 Å². The van der Waals surface area contributed by atoms with Crippen LogP contribution in [-0.4, -0.2) is 79.3 Å². The van der Waals surface area contributed by atoms with E-state index in [1.54, 1.807) is 31.4 Å². The third-order valence-corrected chi connectivity index (χ3v) is 13.4. The maximum atomic E-state index is 14.7. The number of hydrogen-bond donors (Lipinski definition) is 7. The third-order valence-electron chi connectivity index (χ3n) is 10.8. The fourth-order valence-corrected chi connectivity index (χ4v) is 9.31. The molecule has 2 aromatic heterocycles. The average molecular weight is 875 g/mol. The first-order chi connectivity index (χ1) is 28.8. The average Bonchev–Trinajstić information content (AvgIpc) is 3.55. The molecule has 0 bridgehead atoms. The monoisotopic (exact) mass is 873 g/mol. The minimum atomic E-state index is -3.92. The third kappa shape index (κ3) is 10.7. The van der Waals surface area contributed by atoms with Gasteiger partial charge < -0.3 is 37.3 Å². The number of rotatable bonds is 11. The number of para-hydroxylation sites is 1. The maximum absolute atomic E-state index is 14.7. The lowest BCUT2D eigenvalue weighted by molar-refractivity contribution is -0.142. The lowest BCUT2D eigenvalue weighted by Crippen LogP contribution is -2.57. The number of halogens is 1. The summed E-state index contributed by atoms with van der Waals surface area (Å²) in [5, 5.41) is 16.9. The van der Waals surface area contributed by atoms with Gasteiger partial charge in [0.05, 0.1) is 16.0 Å². The normalized spacial score (nSPS) is 18.4. The van der Waals surface area contributed by atoms with Gasteiger partial charge in [0.15, 0.2) is 0 Å². The highest BCUT2D eigenvalue weighted by atomic mass is 35.5. The number of H-pyrrole nitrogens is 1. The Morgan fingerprint density at radius 3 is 2.33 bits per heavy atom. The number of amides is 3. The van der Waals surface area contributed by atoms with Crippen molar-refractivity contribution in [3.8, 4) is 11.1 Å². The molecule has 10 N–H and O–H groups in total. The van der Waals surface area contributed by atoms with Crippen LogP contribution in [0.3, 0.4) is 0 Å². The molecular formula is C43H52ClN9O5S2. The smallest absolute Gasteiger partial charge is 0.245 e. The number of aromatic amines is 1. The minimum absolute atomic E-state index is 0.0215. The van der Waals surface area contributed by atoms with Crippen LogP contribution < -0.4 is 32.6 Å². The number of sulfonamides is 1. The molecule has 3 heterocycles. The van der Waals surface area contributed by atoms with Gasteiger partial charge in [-0.25, -0.2) is 18.5 Å². The molecule has 0 aliphatic carbocycles. The van der Waals surface area contributed by atoms with Crippen LogP contribution >= 0.6 is 23.4 Å². The summed E-state index contributed by atoms with van der Waals surface area (Å²) in [6, 6.07) is 18.7. The molecule has 0 unspecified atom stereocenters. The molecule has 3 aromatic carbocycles. The zero-order valence-corrected chi connectivity index (χ0v) is 36.1. The van der Waals surface area contributed by atoms with Gasteiger partial charge in [-0.2, -0.15) is 0 Å². The Hall–Kier alpha value is -4.81. The molecule has 6 rings (SSSR count). The van der Waals surface area contributed by atoms with Crippen molar-refractivity contribution >= 4 is 62.0 Å². The van der Waals surface area contributed by atoms with Gasteiger partial charge in [0.1, 0.15) is 17.1 Å². The Balaban J connectivity index is 1.47. The van der Waals surface area contributed by atoms with E-state index in [1.807, 2.05) is 49.4 Å². The van der Waals surface area contributed by atoms with E-state index in [-0.39, 0.29) is 30.3 Å². The molecular weight excluding hydrogens is 822 g/mol. The second-order valence-electron chi connectivity index (χ2n) is 15.0. The van der Waals surface area contributed by atoms with Gasteiger partial charge >= 0.3 is 0 Å². The van der Waals surface area contributed by atoms with Crippen LogP contribution in [0.5, 0.6) is 0 Å². The Bertz CT molecular complexity index is 2450. The van der Waals surface area contributed by atoms with Crippen LogP contribution in [0.4, 0.5) is 0 Å². The number of carbonyl (C=O) groups excluding carboxylic acids is 3. The van der Waals surface area contributed by atoms with Crippen LogP contribution in [-0.2, 0) is 43.9 Å². The van der Waals surface area contributed by atoms with E-state index < -0.39 is 40.0 Å². The summed E-state index contributed by atoms with van der Waals surface area (Å²) in [6.07, 6.45) is 4.41. The molecule has 0 spiro atoms. The van der Waals surface area contributed by atoms with Gasteiger partial charge in [-0.3, -0.25) is 14.4 Å². The standard InChI is InChI=1S/C43H52ClN9O5S2/c1-26-33(32-10-3-4-11-35(32)51-26)23-38-41(55)50-25-30-21-29(27-14-16-31(17-15-27)60(47,57)58)22-34(44)39(30)59-42-28(9-8-20-48-42)24-49-36(13-7-19-46)40(54)52-37(12-5-6-18-45)43(56)53(38)2/h3-4,8-11,14-17,20-22,36-38,49,51H,5-7,12-13,18-19,23-25,45-46H2,1-2H3,(H,50,55)(H,52,54)(H2,47,57,58)/t36-,37-,38-/m0/s1. The summed E-state index contributed by atoms with van der Waals surface area (Å²) in [5.41, 5.74) is 17.2. The van der Waals surface area contributed by atoms with E-state index in [9.17, 15) is 22.8 Å². The second kappa shape index (κ2) is 20.2. The molecule has 1 aliphatic rings. The highest BCUT2D eigenvalue weighted by Crippen LogP contribution is 2.40. The van der Waals surface area contributed by atoms with Gasteiger partial charge in [0, 0.05) is 54.2 Å². The summed E-state index contributed by atoms with van der Waals surface area (Å²) in [5.74, 6) is -1.17. The van der Waals surface area contributed by atoms with Crippen molar-refractivity contribution in [2.45, 2.75) is 91.5 Å². The minimum Gasteiger partial charge on any atom is -0.358 e. The number of aromatic nitrogens is 2. The zero-order valence-electron chi connectivity index (χ0n) is 33.7. The van der Waals surface area contributed by atoms with Gasteiger partial charge in [-0.15, -0.1) is 0 Å². The van der Waals surface area contributed by atoms with Gasteiger partial charge in [0.25, 0.3) is 0 Å². The molecule has 60 heavy (non-hydrogen) atoms. The summed E-state index contributed by atoms with van der Waals surface area (Å²) in [4.78, 5) is 53.6. The van der Waals surface area contributed by atoms with Crippen LogP contribution in [0.25, 0.3) is 22.0 Å². The number of nitrogens with two attached hydrogens (primary N) is 3. The van der Waals surface area contributed by atoms with Crippen molar-refractivity contribution in [3.63, 3.8) is 0 Å². The molecule has 14 nitrogen and oxygen atoms in total. The first kappa shape index (κ1) is 44.7. The number of carbonyl (C=O) groups is 3. The number of unbranched alkanes of at least 4 members (excludes halogenated alkanes) is 1. The molecule has 1 aliphatic heterocycles. The fraction of sp³-hybridized carbons (Fsp3) is 0.349. The molecule has 3 atom stereocenters. The number of aryl methyl sites for hydroxylation is 1. The summed E-state index contributed by atoms with van der Waals surface area (Å²) < 4.78 is 24.0. The van der Waals surface area contributed by atoms with Crippen LogP contribution in [0, 0.1) is 6.92 Å². The molecule has 5 aromatic rings. The Morgan fingerprint density at radius 1 is 0.867 bits per heavy atom. The molecule has 0 saturated carbocycles. The predicted octanol–water partition coefficient (Wildman–Crippen LogP) is 4.50. The number of benzene rings is 3. The Morgan fingerprint density at radius 2 is 1.60 bits per heavy atom. The number of fused-ring (bicyclic) bond motifs is 3. The lowest BCUT2D eigenvalue weighted by atomic mass is 9.99. The van der Waals surface area contributed by atoms with Gasteiger partial charge in [-0.1, -0.05) is 59.8 Å². The highest BCUT2D eigenvalue weighted by Gasteiger charge is 2.34. The molecule has 0 saturated heterocycles. The van der Waals surface area contributed by atoms with Crippen LogP contribution in [0.15, 0.2) is 93.8 Å². The van der Waals surface area contributed by atoms with E-state index >= 15 is 0 Å². The SMILES string of the molecule is Cc1[nH]c2ccccc2c1C[C@H]1C(=O)NCc2cc(-c3ccc(S(N)(=O)=O)cc3)cc(Cl)c2Sc2ncccc2CN[C@@H](CCCN)C(=O)N[C@@H](CCCCN)C(=O)N1C. The van der Waals surface area contributed by atoms with Crippen LogP contribution in [0.2, 0.25) is 5.02 Å². The highest BCUT2D eigenvalue weighted by molar-refractivity contribution is 7.99. The molecule has 0 fully saturated rings. The quantitative estimate of drug-likeness (QED) is 0.0919. The number of hydrogen-bond acceptors (Lipinski definition) is 10. The van der Waals surface area contributed by atoms with Crippen molar-refractivity contribution in [2.24, 2.45) is 16.6 Å². The van der Waals surface area contributed by atoms with Crippen molar-refractivity contribution in [3.05, 3.63) is 106 Å². The Kier molecular flexibility index (Phi) is 15.0.